The van der Waals surface area contributed by atoms with Crippen molar-refractivity contribution < 1.29 is 0 Å². The molecule has 1 aliphatic rings. The van der Waals surface area contributed by atoms with Gasteiger partial charge in [0, 0.05) is 19.6 Å². The molecular weight excluding hydrogens is 382 g/mol. The maximum Gasteiger partial charge on any atom is 0.157 e. The highest BCUT2D eigenvalue weighted by Crippen LogP contribution is 2.29. The number of unbranched alkanes of at least 4 members (excludes halogenated alkanes) is 13. The van der Waals surface area contributed by atoms with Gasteiger partial charge in [-0.05, 0) is 25.2 Å². The van der Waals surface area contributed by atoms with Crippen LogP contribution in [0.4, 0.5) is 17.3 Å². The largest absolute Gasteiger partial charge is 0.393 e. The van der Waals surface area contributed by atoms with Crippen LogP contribution in [-0.4, -0.2) is 29.6 Å². The van der Waals surface area contributed by atoms with E-state index in [-0.39, 0.29) is 0 Å². The zero-order chi connectivity index (χ0) is 22.2. The maximum absolute atomic E-state index is 6.38. The summed E-state index contributed by atoms with van der Waals surface area (Å²) in [5.74, 6) is 2.51. The van der Waals surface area contributed by atoms with Gasteiger partial charge in [0.25, 0.3) is 0 Å². The average Bonchev–Trinajstić information content (AvgIpc) is 2.78. The summed E-state index contributed by atoms with van der Waals surface area (Å²) >= 11 is 0. The van der Waals surface area contributed by atoms with Gasteiger partial charge in [-0.15, -0.1) is 0 Å². The molecule has 1 aromatic heterocycles. The molecule has 0 amide bonds. The van der Waals surface area contributed by atoms with Crippen molar-refractivity contribution in [2.45, 2.75) is 117 Å². The maximum atomic E-state index is 6.38. The van der Waals surface area contributed by atoms with E-state index >= 15 is 0 Å². The molecule has 5 nitrogen and oxygen atoms in total. The summed E-state index contributed by atoms with van der Waals surface area (Å²) in [7, 11) is 0. The molecule has 2 rings (SSSR count). The van der Waals surface area contributed by atoms with Crippen LogP contribution in [0.25, 0.3) is 0 Å². The molecule has 2 heterocycles. The minimum Gasteiger partial charge on any atom is -0.393 e. The molecule has 0 spiro atoms. The van der Waals surface area contributed by atoms with Crippen molar-refractivity contribution in [1.82, 2.24) is 9.97 Å². The van der Waals surface area contributed by atoms with Crippen LogP contribution in [0.15, 0.2) is 6.33 Å². The molecule has 0 radical (unpaired) electrons. The molecule has 5 heteroatoms. The van der Waals surface area contributed by atoms with Crippen LogP contribution in [0, 0.1) is 5.92 Å². The van der Waals surface area contributed by atoms with Gasteiger partial charge in [-0.1, -0.05) is 97.3 Å². The Morgan fingerprint density at radius 1 is 0.839 bits per heavy atom. The molecule has 1 fully saturated rings. The lowest BCUT2D eigenvalue weighted by atomic mass is 9.99. The van der Waals surface area contributed by atoms with Crippen molar-refractivity contribution in [3.63, 3.8) is 0 Å². The number of hydrogen-bond acceptors (Lipinski definition) is 5. The summed E-state index contributed by atoms with van der Waals surface area (Å²) in [6.45, 7) is 7.64. The van der Waals surface area contributed by atoms with Crippen LogP contribution in [-0.2, 0) is 0 Å². The third kappa shape index (κ3) is 10.6. The van der Waals surface area contributed by atoms with E-state index in [1.807, 2.05) is 0 Å². The Morgan fingerprint density at radius 2 is 1.35 bits per heavy atom. The smallest absolute Gasteiger partial charge is 0.157 e. The number of nitrogens with one attached hydrogen (secondary N) is 1. The number of rotatable bonds is 17. The first-order valence-electron chi connectivity index (χ1n) is 13.3. The van der Waals surface area contributed by atoms with Crippen LogP contribution in [0.1, 0.15) is 117 Å². The number of nitrogens with zero attached hydrogens (tertiary/aromatic N) is 3. The third-order valence-electron chi connectivity index (χ3n) is 6.77. The molecular formula is C26H49N5. The summed E-state index contributed by atoms with van der Waals surface area (Å²) in [5, 5.41) is 3.44. The first kappa shape index (κ1) is 25.7. The summed E-state index contributed by atoms with van der Waals surface area (Å²) < 4.78 is 0. The van der Waals surface area contributed by atoms with Crippen LogP contribution < -0.4 is 16.0 Å². The van der Waals surface area contributed by atoms with Crippen molar-refractivity contribution >= 4 is 17.3 Å². The van der Waals surface area contributed by atoms with Gasteiger partial charge in [-0.25, -0.2) is 9.97 Å². The first-order valence-corrected chi connectivity index (χ1v) is 13.3. The lowest BCUT2D eigenvalue weighted by Crippen LogP contribution is -2.34. The molecule has 0 aromatic carbocycles. The van der Waals surface area contributed by atoms with Crippen molar-refractivity contribution in [2.75, 3.05) is 35.6 Å². The number of piperidine rings is 1. The lowest BCUT2D eigenvalue weighted by Gasteiger charge is -2.32. The predicted molar refractivity (Wildman–Crippen MR) is 136 cm³/mol. The first-order chi connectivity index (χ1) is 15.2. The molecule has 0 saturated carbocycles. The Labute approximate surface area is 192 Å². The van der Waals surface area contributed by atoms with Gasteiger partial charge in [0.05, 0.1) is 0 Å². The molecule has 3 N–H and O–H groups in total. The van der Waals surface area contributed by atoms with Crippen LogP contribution in [0.2, 0.25) is 0 Å². The van der Waals surface area contributed by atoms with Crippen molar-refractivity contribution in [1.29, 1.82) is 0 Å². The second-order valence-electron chi connectivity index (χ2n) is 9.65. The molecule has 1 saturated heterocycles. The Balaban J connectivity index is 1.47. The fourth-order valence-electron chi connectivity index (χ4n) is 4.53. The van der Waals surface area contributed by atoms with E-state index in [2.05, 4.69) is 34.0 Å². The Morgan fingerprint density at radius 3 is 1.90 bits per heavy atom. The van der Waals surface area contributed by atoms with Crippen LogP contribution >= 0.6 is 0 Å². The quantitative estimate of drug-likeness (QED) is 0.255. The fraction of sp³-hybridized carbons (Fsp3) is 0.846. The van der Waals surface area contributed by atoms with Gasteiger partial charge in [-0.3, -0.25) is 0 Å². The zero-order valence-electron chi connectivity index (χ0n) is 20.5. The van der Waals surface area contributed by atoms with E-state index in [9.17, 15) is 0 Å². The second kappa shape index (κ2) is 16.2. The summed E-state index contributed by atoms with van der Waals surface area (Å²) in [4.78, 5) is 11.2. The Kier molecular flexibility index (Phi) is 13.4. The van der Waals surface area contributed by atoms with Gasteiger partial charge in [0.15, 0.2) is 11.6 Å². The highest BCUT2D eigenvalue weighted by atomic mass is 15.2. The van der Waals surface area contributed by atoms with E-state index in [0.29, 0.717) is 5.69 Å². The van der Waals surface area contributed by atoms with E-state index in [0.717, 1.165) is 37.2 Å². The highest BCUT2D eigenvalue weighted by Gasteiger charge is 2.20. The molecule has 0 aliphatic carbocycles. The predicted octanol–water partition coefficient (Wildman–Crippen LogP) is 7.19. The Hall–Kier alpha value is -1.52. The molecule has 1 aliphatic heterocycles. The van der Waals surface area contributed by atoms with Gasteiger partial charge in [0.2, 0.25) is 0 Å². The zero-order valence-corrected chi connectivity index (χ0v) is 20.5. The van der Waals surface area contributed by atoms with Crippen molar-refractivity contribution in [3.05, 3.63) is 6.33 Å². The number of aromatic nitrogens is 2. The fourth-order valence-corrected chi connectivity index (χ4v) is 4.53. The SMILES string of the molecule is CCCCCCCCCCCCCCCCNc1ncnc(N2CCC(C)CC2)c1N. The summed E-state index contributed by atoms with van der Waals surface area (Å²) in [5.41, 5.74) is 7.09. The van der Waals surface area contributed by atoms with Crippen molar-refractivity contribution in [3.8, 4) is 0 Å². The molecule has 1 aromatic rings. The molecule has 178 valence electrons. The van der Waals surface area contributed by atoms with Crippen LogP contribution in [0.5, 0.6) is 0 Å². The minimum atomic E-state index is 0.711. The number of hydrogen-bond donors (Lipinski definition) is 2. The topological polar surface area (TPSA) is 67.1 Å². The number of nitrogen functional groups attached to an aromatic ring is 1. The minimum absolute atomic E-state index is 0.711. The van der Waals surface area contributed by atoms with Crippen molar-refractivity contribution in [2.24, 2.45) is 5.92 Å². The van der Waals surface area contributed by atoms with E-state index in [1.165, 1.54) is 103 Å². The highest BCUT2D eigenvalue weighted by molar-refractivity contribution is 5.74. The van der Waals surface area contributed by atoms with Crippen LogP contribution in [0.3, 0.4) is 0 Å². The molecule has 0 atom stereocenters. The second-order valence-corrected chi connectivity index (χ2v) is 9.65. The average molecular weight is 432 g/mol. The van der Waals surface area contributed by atoms with Gasteiger partial charge < -0.3 is 16.0 Å². The third-order valence-corrected chi connectivity index (χ3v) is 6.77. The Bertz CT molecular complexity index is 569. The van der Waals surface area contributed by atoms with E-state index in [4.69, 9.17) is 5.73 Å². The molecule has 0 bridgehead atoms. The number of anilines is 3. The molecule has 0 unspecified atom stereocenters. The van der Waals surface area contributed by atoms with E-state index in [1.54, 1.807) is 6.33 Å². The summed E-state index contributed by atoms with van der Waals surface area (Å²) in [6.07, 6.45) is 23.5. The normalized spacial score (nSPS) is 14.8. The van der Waals surface area contributed by atoms with Gasteiger partial charge >= 0.3 is 0 Å². The van der Waals surface area contributed by atoms with Gasteiger partial charge in [-0.2, -0.15) is 0 Å². The lowest BCUT2D eigenvalue weighted by molar-refractivity contribution is 0.437. The monoisotopic (exact) mass is 431 g/mol. The standard InChI is InChI=1S/C26H49N5/c1-3-4-5-6-7-8-9-10-11-12-13-14-15-16-19-28-25-24(27)26(30-22-29-25)31-20-17-23(2)18-21-31/h22-23H,3-21,27H2,1-2H3,(H,28,29,30). The molecule has 31 heavy (non-hydrogen) atoms. The van der Waals surface area contributed by atoms with E-state index < -0.39 is 0 Å². The van der Waals surface area contributed by atoms with Gasteiger partial charge in [0.1, 0.15) is 12.0 Å². The number of nitrogens with two attached hydrogens (primary N) is 1. The summed E-state index contributed by atoms with van der Waals surface area (Å²) in [6, 6.07) is 0.